The summed E-state index contributed by atoms with van der Waals surface area (Å²) in [7, 11) is 0. The van der Waals surface area contributed by atoms with Crippen LogP contribution in [0.5, 0.6) is 0 Å². The first kappa shape index (κ1) is 6.75. The van der Waals surface area contributed by atoms with Crippen LogP contribution in [0.3, 0.4) is 0 Å². The molecule has 0 aromatic carbocycles. The number of hydrogen-bond acceptors (Lipinski definition) is 2. The maximum Gasteiger partial charge on any atom is 0.141 e. The highest BCUT2D eigenvalue weighted by molar-refractivity contribution is 6.24. The van der Waals surface area contributed by atoms with E-state index in [4.69, 9.17) is 11.6 Å². The molecule has 0 unspecified atom stereocenters. The van der Waals surface area contributed by atoms with Crippen molar-refractivity contribution in [2.24, 2.45) is 0 Å². The molecule has 0 aliphatic heterocycles. The molecule has 0 radical (unpaired) electrons. The van der Waals surface area contributed by atoms with Crippen molar-refractivity contribution in [3.05, 3.63) is 0 Å². The average molecular weight is 147 g/mol. The second kappa shape index (κ2) is 2.48. The summed E-state index contributed by atoms with van der Waals surface area (Å²) >= 11 is 5.56. The standard InChI is InChI=1S/C6H7ClO2/c7-4-1-5(8)3-6(9)2-4/h4H,1-3H2. The fraction of sp³-hybridized carbons (Fsp3) is 0.667. The Morgan fingerprint density at radius 1 is 1.22 bits per heavy atom. The number of alkyl halides is 1. The van der Waals surface area contributed by atoms with Crippen LogP contribution in [0.25, 0.3) is 0 Å². The summed E-state index contributed by atoms with van der Waals surface area (Å²) in [6, 6.07) is 0. The second-order valence-corrected chi connectivity index (χ2v) is 2.88. The van der Waals surface area contributed by atoms with Crippen LogP contribution in [-0.4, -0.2) is 16.9 Å². The van der Waals surface area contributed by atoms with Crippen LogP contribution in [0.2, 0.25) is 0 Å². The van der Waals surface area contributed by atoms with E-state index in [0.717, 1.165) is 0 Å². The van der Waals surface area contributed by atoms with Gasteiger partial charge in [-0.2, -0.15) is 0 Å². The Bertz CT molecular complexity index is 137. The molecule has 0 spiro atoms. The first-order chi connectivity index (χ1) is 4.18. The number of Topliss-reactive ketones (excluding diaryl/α,β-unsaturated/α-hetero) is 2. The first-order valence-electron chi connectivity index (χ1n) is 2.86. The van der Waals surface area contributed by atoms with Gasteiger partial charge in [0.05, 0.1) is 6.42 Å². The van der Waals surface area contributed by atoms with Crippen molar-refractivity contribution in [3.8, 4) is 0 Å². The van der Waals surface area contributed by atoms with Crippen molar-refractivity contribution in [2.75, 3.05) is 0 Å². The Hall–Kier alpha value is -0.370. The summed E-state index contributed by atoms with van der Waals surface area (Å²) in [5.74, 6) is -0.0440. The molecule has 3 heteroatoms. The lowest BCUT2D eigenvalue weighted by Crippen LogP contribution is -2.22. The predicted octanol–water partition coefficient (Wildman–Crippen LogP) is 0.916. The number of halogens is 1. The minimum Gasteiger partial charge on any atom is -0.299 e. The summed E-state index contributed by atoms with van der Waals surface area (Å²) in [5.41, 5.74) is 0. The van der Waals surface area contributed by atoms with Crippen molar-refractivity contribution in [1.82, 2.24) is 0 Å². The van der Waals surface area contributed by atoms with Gasteiger partial charge in [-0.15, -0.1) is 11.6 Å². The largest absolute Gasteiger partial charge is 0.299 e. The lowest BCUT2D eigenvalue weighted by molar-refractivity contribution is -0.129. The van der Waals surface area contributed by atoms with Gasteiger partial charge in [0, 0.05) is 18.2 Å². The quantitative estimate of drug-likeness (QED) is 0.376. The summed E-state index contributed by atoms with van der Waals surface area (Å²) in [6.45, 7) is 0. The number of carbonyl (C=O) groups is 2. The zero-order valence-electron chi connectivity index (χ0n) is 4.89. The van der Waals surface area contributed by atoms with Crippen LogP contribution >= 0.6 is 11.6 Å². The average Bonchev–Trinajstić information content (AvgIpc) is 1.59. The van der Waals surface area contributed by atoms with Crippen LogP contribution in [0, 0.1) is 0 Å². The van der Waals surface area contributed by atoms with E-state index in [1.54, 1.807) is 0 Å². The molecular weight excluding hydrogens is 140 g/mol. The molecule has 50 valence electrons. The highest BCUT2D eigenvalue weighted by atomic mass is 35.5. The lowest BCUT2D eigenvalue weighted by atomic mass is 9.98. The number of rotatable bonds is 0. The molecule has 1 rings (SSSR count). The summed E-state index contributed by atoms with van der Waals surface area (Å²) in [6.07, 6.45) is 0.837. The van der Waals surface area contributed by atoms with Gasteiger partial charge < -0.3 is 0 Å². The van der Waals surface area contributed by atoms with Crippen LogP contribution in [-0.2, 0) is 9.59 Å². The maximum atomic E-state index is 10.6. The van der Waals surface area contributed by atoms with E-state index < -0.39 is 0 Å². The van der Waals surface area contributed by atoms with E-state index >= 15 is 0 Å². The number of carbonyl (C=O) groups excluding carboxylic acids is 2. The van der Waals surface area contributed by atoms with Crippen LogP contribution in [0.4, 0.5) is 0 Å². The minimum absolute atomic E-state index is 0.0220. The topological polar surface area (TPSA) is 34.1 Å². The van der Waals surface area contributed by atoms with Gasteiger partial charge >= 0.3 is 0 Å². The SMILES string of the molecule is O=C1CC(=O)CC(Cl)C1. The molecule has 0 aromatic rings. The van der Waals surface area contributed by atoms with Crippen molar-refractivity contribution >= 4 is 23.2 Å². The molecule has 0 bridgehead atoms. The molecule has 0 heterocycles. The van der Waals surface area contributed by atoms with E-state index in [1.165, 1.54) is 0 Å². The molecule has 0 atom stereocenters. The van der Waals surface area contributed by atoms with E-state index in [-0.39, 0.29) is 23.4 Å². The monoisotopic (exact) mass is 146 g/mol. The Balaban J connectivity index is 2.53. The molecule has 1 aliphatic carbocycles. The van der Waals surface area contributed by atoms with Gasteiger partial charge in [-0.1, -0.05) is 0 Å². The normalized spacial score (nSPS) is 22.8. The van der Waals surface area contributed by atoms with Gasteiger partial charge in [-0.3, -0.25) is 9.59 Å². The minimum atomic E-state index is -0.237. The van der Waals surface area contributed by atoms with Crippen LogP contribution in [0.15, 0.2) is 0 Å². The molecule has 0 amide bonds. The first-order valence-corrected chi connectivity index (χ1v) is 3.29. The Morgan fingerprint density at radius 3 is 2.00 bits per heavy atom. The van der Waals surface area contributed by atoms with E-state index in [2.05, 4.69) is 0 Å². The van der Waals surface area contributed by atoms with Gasteiger partial charge in [0.25, 0.3) is 0 Å². The van der Waals surface area contributed by atoms with Crippen molar-refractivity contribution in [3.63, 3.8) is 0 Å². The second-order valence-electron chi connectivity index (χ2n) is 2.26. The third-order valence-corrected chi connectivity index (χ3v) is 1.60. The molecule has 2 nitrogen and oxygen atoms in total. The van der Waals surface area contributed by atoms with Crippen molar-refractivity contribution < 1.29 is 9.59 Å². The molecule has 9 heavy (non-hydrogen) atoms. The van der Waals surface area contributed by atoms with Gasteiger partial charge in [0.1, 0.15) is 11.6 Å². The Kier molecular flexibility index (Phi) is 1.86. The van der Waals surface area contributed by atoms with Gasteiger partial charge in [0.2, 0.25) is 0 Å². The van der Waals surface area contributed by atoms with Gasteiger partial charge in [0.15, 0.2) is 0 Å². The van der Waals surface area contributed by atoms with Crippen molar-refractivity contribution in [2.45, 2.75) is 24.6 Å². The summed E-state index contributed by atoms with van der Waals surface area (Å²) in [5, 5.41) is -0.237. The molecular formula is C6H7ClO2. The fourth-order valence-corrected chi connectivity index (χ4v) is 1.27. The zero-order valence-corrected chi connectivity index (χ0v) is 5.65. The summed E-state index contributed by atoms with van der Waals surface area (Å²) in [4.78, 5) is 21.2. The van der Waals surface area contributed by atoms with Crippen molar-refractivity contribution in [1.29, 1.82) is 0 Å². The smallest absolute Gasteiger partial charge is 0.141 e. The molecule has 0 aromatic heterocycles. The lowest BCUT2D eigenvalue weighted by Gasteiger charge is -2.12. The van der Waals surface area contributed by atoms with E-state index in [0.29, 0.717) is 12.8 Å². The van der Waals surface area contributed by atoms with Gasteiger partial charge in [-0.25, -0.2) is 0 Å². The molecule has 0 N–H and O–H groups in total. The molecule has 1 aliphatic rings. The highest BCUT2D eigenvalue weighted by Crippen LogP contribution is 2.16. The van der Waals surface area contributed by atoms with E-state index in [1.807, 2.05) is 0 Å². The molecule has 0 saturated heterocycles. The molecule has 1 fully saturated rings. The third kappa shape index (κ3) is 1.79. The number of ketones is 2. The third-order valence-electron chi connectivity index (χ3n) is 1.29. The predicted molar refractivity (Wildman–Crippen MR) is 33.5 cm³/mol. The Labute approximate surface area is 58.2 Å². The summed E-state index contributed by atoms with van der Waals surface area (Å²) < 4.78 is 0. The van der Waals surface area contributed by atoms with Gasteiger partial charge in [-0.05, 0) is 0 Å². The van der Waals surface area contributed by atoms with Crippen LogP contribution < -0.4 is 0 Å². The van der Waals surface area contributed by atoms with Crippen LogP contribution in [0.1, 0.15) is 19.3 Å². The van der Waals surface area contributed by atoms with E-state index in [9.17, 15) is 9.59 Å². The Morgan fingerprint density at radius 2 is 1.67 bits per heavy atom. The fourth-order valence-electron chi connectivity index (χ4n) is 0.930. The number of hydrogen-bond donors (Lipinski definition) is 0. The molecule has 1 saturated carbocycles. The zero-order chi connectivity index (χ0) is 6.85. The highest BCUT2D eigenvalue weighted by Gasteiger charge is 2.22. The maximum absolute atomic E-state index is 10.6.